The molecule has 0 amide bonds. The molecule has 0 aromatic heterocycles. The van der Waals surface area contributed by atoms with E-state index < -0.39 is 0 Å². The predicted molar refractivity (Wildman–Crippen MR) is 22.4 cm³/mol. The van der Waals surface area contributed by atoms with Crippen LogP contribution in [0.5, 0.6) is 0 Å². The summed E-state index contributed by atoms with van der Waals surface area (Å²) in [5.74, 6) is 0. The van der Waals surface area contributed by atoms with Crippen molar-refractivity contribution in [3.63, 3.8) is 0 Å². The van der Waals surface area contributed by atoms with E-state index in [4.69, 9.17) is 0 Å². The van der Waals surface area contributed by atoms with E-state index in [1.54, 1.807) is 0 Å². The zero-order chi connectivity index (χ0) is 4.28. The topological polar surface area (TPSA) is 23.1 Å². The molecule has 0 unspecified atom stereocenters. The first-order valence-corrected chi connectivity index (χ1v) is 2.43. The van der Waals surface area contributed by atoms with Crippen molar-refractivity contribution in [3.8, 4) is 0 Å². The van der Waals surface area contributed by atoms with Gasteiger partial charge in [0.2, 0.25) is 0 Å². The van der Waals surface area contributed by atoms with Crippen LogP contribution in [-0.4, -0.2) is 20.2 Å². The van der Waals surface area contributed by atoms with Crippen LogP contribution in [0.3, 0.4) is 0 Å². The molecule has 0 aliphatic carbocycles. The number of rotatable bonds is 1. The Morgan fingerprint density at radius 2 is 2.20 bits per heavy atom. The van der Waals surface area contributed by atoms with Crippen molar-refractivity contribution in [3.05, 3.63) is 0 Å². The van der Waals surface area contributed by atoms with Crippen LogP contribution in [0.2, 0.25) is 0 Å². The molecule has 5 heavy (non-hydrogen) atoms. The Kier molecular flexibility index (Phi) is 2.76. The zero-order valence-corrected chi connectivity index (χ0v) is 4.94. The third-order valence-electron chi connectivity index (χ3n) is 0.302. The molecule has 0 aromatic carbocycles. The molecule has 0 saturated heterocycles. The molecule has 0 N–H and O–H groups in total. The van der Waals surface area contributed by atoms with Gasteiger partial charge in [-0.2, -0.15) is 0 Å². The van der Waals surface area contributed by atoms with Crippen LogP contribution in [-0.2, 0) is 0 Å². The van der Waals surface area contributed by atoms with Crippen molar-refractivity contribution < 1.29 is 5.11 Å². The van der Waals surface area contributed by atoms with E-state index in [1.165, 1.54) is 0 Å². The van der Waals surface area contributed by atoms with Gasteiger partial charge in [0, 0.05) is 0 Å². The van der Waals surface area contributed by atoms with E-state index in [2.05, 4.69) is 0 Å². The summed E-state index contributed by atoms with van der Waals surface area (Å²) in [6, 6.07) is 0. The molecule has 0 saturated carbocycles. The first kappa shape index (κ1) is 5.35. The maximum absolute atomic E-state index is 9.78. The van der Waals surface area contributed by atoms with Gasteiger partial charge in [0.25, 0.3) is 0 Å². The summed E-state index contributed by atoms with van der Waals surface area (Å²) in [6.07, 6.45) is 0.639. The van der Waals surface area contributed by atoms with Gasteiger partial charge < -0.3 is 0 Å². The van der Waals surface area contributed by atoms with Crippen molar-refractivity contribution in [2.24, 2.45) is 0 Å². The van der Waals surface area contributed by atoms with Gasteiger partial charge in [0.05, 0.1) is 0 Å². The van der Waals surface area contributed by atoms with Gasteiger partial charge in [-0.05, 0) is 0 Å². The number of hydrogen-bond acceptors (Lipinski definition) is 1. The zero-order valence-electron chi connectivity index (χ0n) is 3.06. The van der Waals surface area contributed by atoms with Crippen molar-refractivity contribution in [2.45, 2.75) is 13.3 Å². The molecule has 0 fully saturated rings. The molecule has 0 bridgehead atoms. The van der Waals surface area contributed by atoms with Crippen molar-refractivity contribution in [2.75, 3.05) is 0 Å². The summed E-state index contributed by atoms with van der Waals surface area (Å²) in [7, 11) is 0. The standard InChI is InChI=1S/C3H7OSe/c1-2-3(4)5/h4-5H,2H2,1H3/p-1. The van der Waals surface area contributed by atoms with Gasteiger partial charge >= 0.3 is 38.6 Å². The molecule has 0 aromatic rings. The average Bonchev–Trinajstić information content (AvgIpc) is 1.38. The van der Waals surface area contributed by atoms with E-state index in [0.29, 0.717) is 6.42 Å². The normalized spacial score (nSPS) is 7.60. The first-order valence-electron chi connectivity index (χ1n) is 1.49. The Morgan fingerprint density at radius 1 is 2.00 bits per heavy atom. The van der Waals surface area contributed by atoms with E-state index in [9.17, 15) is 5.11 Å². The second kappa shape index (κ2) is 2.58. The van der Waals surface area contributed by atoms with Gasteiger partial charge in [-0.25, -0.2) is 0 Å². The van der Waals surface area contributed by atoms with E-state index >= 15 is 0 Å². The summed E-state index contributed by atoms with van der Waals surface area (Å²) in [5.41, 5.74) is 0. The fourth-order valence-corrected chi connectivity index (χ4v) is 0. The van der Waals surface area contributed by atoms with Crippen LogP contribution in [0.4, 0.5) is 0 Å². The predicted octanol–water partition coefficient (Wildman–Crippen LogP) is -1.21. The maximum atomic E-state index is 9.78. The Morgan fingerprint density at radius 3 is 2.20 bits per heavy atom. The molecule has 2 heteroatoms. The van der Waals surface area contributed by atoms with Gasteiger partial charge in [-0.15, -0.1) is 0 Å². The Hall–Kier alpha value is 0.349. The molecule has 31 valence electrons. The minimum atomic E-state index is 0.192. The summed E-state index contributed by atoms with van der Waals surface area (Å²) in [4.78, 5) is 0. The van der Waals surface area contributed by atoms with Crippen molar-refractivity contribution >= 4 is 20.2 Å². The average molecular weight is 137 g/mol. The Bertz CT molecular complexity index is 42.2. The van der Waals surface area contributed by atoms with Crippen LogP contribution < -0.4 is 5.11 Å². The summed E-state index contributed by atoms with van der Waals surface area (Å²) >= 11 is 1.97. The molecule has 0 atom stereocenters. The molecule has 0 rings (SSSR count). The van der Waals surface area contributed by atoms with E-state index in [-0.39, 0.29) is 4.60 Å². The summed E-state index contributed by atoms with van der Waals surface area (Å²) < 4.78 is 0.192. The summed E-state index contributed by atoms with van der Waals surface area (Å²) in [5, 5.41) is 9.78. The van der Waals surface area contributed by atoms with Crippen LogP contribution in [0.25, 0.3) is 0 Å². The summed E-state index contributed by atoms with van der Waals surface area (Å²) in [6.45, 7) is 1.83. The Balaban J connectivity index is 2.85. The number of hydrogen-bond donors (Lipinski definition) is 0. The monoisotopic (exact) mass is 138 g/mol. The molecule has 0 heterocycles. The molecular weight excluding hydrogens is 131 g/mol. The quantitative estimate of drug-likeness (QED) is 0.416. The van der Waals surface area contributed by atoms with Crippen molar-refractivity contribution in [1.29, 1.82) is 0 Å². The molecular formula is C3H6OSe-. The van der Waals surface area contributed by atoms with Crippen LogP contribution >= 0.6 is 0 Å². The van der Waals surface area contributed by atoms with Crippen LogP contribution in [0.1, 0.15) is 13.3 Å². The fraction of sp³-hybridized carbons (Fsp3) is 0.667. The first-order chi connectivity index (χ1) is 2.27. The molecule has 0 aliphatic heterocycles. The van der Waals surface area contributed by atoms with Crippen molar-refractivity contribution in [1.82, 2.24) is 0 Å². The third-order valence-corrected chi connectivity index (χ3v) is 0.966. The molecule has 1 nitrogen and oxygen atoms in total. The SMILES string of the molecule is CCC([O-])=[SeH]. The minimum absolute atomic E-state index is 0.192. The van der Waals surface area contributed by atoms with Gasteiger partial charge in [-0.3, -0.25) is 0 Å². The van der Waals surface area contributed by atoms with Gasteiger partial charge in [0.15, 0.2) is 0 Å². The van der Waals surface area contributed by atoms with Gasteiger partial charge in [0.1, 0.15) is 0 Å². The Labute approximate surface area is 39.4 Å². The molecule has 0 spiro atoms. The van der Waals surface area contributed by atoms with Crippen LogP contribution in [0, 0.1) is 0 Å². The second-order valence-electron chi connectivity index (χ2n) is 0.747. The van der Waals surface area contributed by atoms with Gasteiger partial charge in [-0.1, -0.05) is 0 Å². The fourth-order valence-electron chi connectivity index (χ4n) is 0. The third kappa shape index (κ3) is 4.35. The molecule has 1 radical (unpaired) electrons. The second-order valence-corrected chi connectivity index (χ2v) is 1.79. The van der Waals surface area contributed by atoms with Crippen LogP contribution in [0.15, 0.2) is 0 Å². The van der Waals surface area contributed by atoms with E-state index in [0.717, 1.165) is 0 Å². The molecule has 0 aliphatic rings. The van der Waals surface area contributed by atoms with E-state index in [1.807, 2.05) is 22.5 Å².